The maximum Gasteiger partial charge on any atom is 0.300 e. The Kier molecular flexibility index (Phi) is 14.6. The van der Waals surface area contributed by atoms with E-state index in [0.29, 0.717) is 0 Å². The molecule has 0 aromatic heterocycles. The Hall–Kier alpha value is -0.923. The molecular weight excluding hydrogens is 220 g/mol. The molecule has 4 N–H and O–H groups in total. The number of aliphatic hydroxyl groups excluding tert-OH is 2. The van der Waals surface area contributed by atoms with Crippen molar-refractivity contribution in [2.24, 2.45) is 0 Å². The van der Waals surface area contributed by atoms with Crippen LogP contribution in [0.1, 0.15) is 13.8 Å². The predicted octanol–water partition coefficient (Wildman–Crippen LogP) is -0.0604. The molecule has 0 unspecified atom stereocenters. The first-order chi connectivity index (χ1) is 6.59. The largest absolute Gasteiger partial charge is 0.481 e. The number of aliphatic hydroxyl groups is 2. The van der Waals surface area contributed by atoms with E-state index in [1.165, 1.54) is 0 Å². The average molecular weight is 240 g/mol. The van der Waals surface area contributed by atoms with E-state index >= 15 is 0 Å². The van der Waals surface area contributed by atoms with Gasteiger partial charge in [0.1, 0.15) is 8.07 Å². The Labute approximate surface area is 90.2 Å². The molecule has 0 saturated carbocycles. The van der Waals surface area contributed by atoms with Gasteiger partial charge in [-0.15, -0.1) is 0 Å². The molecule has 92 valence electrons. The summed E-state index contributed by atoms with van der Waals surface area (Å²) in [6, 6.07) is 0. The zero-order valence-corrected chi connectivity index (χ0v) is 10.5. The van der Waals surface area contributed by atoms with Crippen molar-refractivity contribution in [1.29, 1.82) is 0 Å². The molecule has 0 rings (SSSR count). The lowest BCUT2D eigenvalue weighted by Crippen LogP contribution is -2.36. The van der Waals surface area contributed by atoms with E-state index < -0.39 is 20.0 Å². The number of hydrogen-bond acceptors (Lipinski definition) is 4. The zero-order chi connectivity index (χ0) is 13.1. The second-order valence-corrected chi connectivity index (χ2v) is 8.48. The SMILES string of the molecule is CC(=O)O.CC(=O)O.C[Si](C)(CO)CO. The lowest BCUT2D eigenvalue weighted by Gasteiger charge is -2.13. The Morgan fingerprint density at radius 3 is 1.07 bits per heavy atom. The molecule has 0 heterocycles. The van der Waals surface area contributed by atoms with Crippen LogP contribution in [0.3, 0.4) is 0 Å². The van der Waals surface area contributed by atoms with Gasteiger partial charge in [0.05, 0.1) is 0 Å². The van der Waals surface area contributed by atoms with Crippen molar-refractivity contribution in [3.05, 3.63) is 0 Å². The molecule has 0 fully saturated rings. The zero-order valence-electron chi connectivity index (χ0n) is 9.52. The third-order valence-electron chi connectivity index (χ3n) is 0.856. The van der Waals surface area contributed by atoms with E-state index in [1.807, 2.05) is 13.1 Å². The molecule has 0 amide bonds. The van der Waals surface area contributed by atoms with Gasteiger partial charge in [0.15, 0.2) is 0 Å². The number of carboxylic acid groups (broad SMARTS) is 2. The standard InChI is InChI=1S/C4H12O2Si.2C2H4O2/c1-7(2,3-5)4-6;2*1-2(3)4/h5-6H,3-4H2,1-2H3;2*1H3,(H,3,4). The summed E-state index contributed by atoms with van der Waals surface area (Å²) < 4.78 is 0. The van der Waals surface area contributed by atoms with Gasteiger partial charge in [-0.3, -0.25) is 9.59 Å². The molecule has 15 heavy (non-hydrogen) atoms. The van der Waals surface area contributed by atoms with Crippen LogP contribution in [0.2, 0.25) is 13.1 Å². The average Bonchev–Trinajstić information content (AvgIpc) is 2.02. The van der Waals surface area contributed by atoms with Gasteiger partial charge in [0, 0.05) is 26.3 Å². The highest BCUT2D eigenvalue weighted by molar-refractivity contribution is 6.77. The van der Waals surface area contributed by atoms with Gasteiger partial charge in [0.2, 0.25) is 0 Å². The van der Waals surface area contributed by atoms with Gasteiger partial charge in [-0.25, -0.2) is 0 Å². The van der Waals surface area contributed by atoms with Gasteiger partial charge >= 0.3 is 0 Å². The minimum Gasteiger partial charge on any atom is -0.481 e. The molecule has 0 bridgehead atoms. The molecule has 7 heteroatoms. The smallest absolute Gasteiger partial charge is 0.300 e. The van der Waals surface area contributed by atoms with Crippen molar-refractivity contribution < 1.29 is 30.0 Å². The highest BCUT2D eigenvalue weighted by atomic mass is 28.3. The van der Waals surface area contributed by atoms with Crippen molar-refractivity contribution in [3.63, 3.8) is 0 Å². The monoisotopic (exact) mass is 240 g/mol. The highest BCUT2D eigenvalue weighted by Crippen LogP contribution is 1.95. The van der Waals surface area contributed by atoms with Gasteiger partial charge in [-0.2, -0.15) is 0 Å². The molecule has 0 radical (unpaired) electrons. The van der Waals surface area contributed by atoms with Gasteiger partial charge in [-0.1, -0.05) is 13.1 Å². The number of hydrogen-bond donors (Lipinski definition) is 4. The van der Waals surface area contributed by atoms with Crippen LogP contribution in [0, 0.1) is 0 Å². The molecule has 0 aliphatic heterocycles. The van der Waals surface area contributed by atoms with Crippen molar-refractivity contribution in [1.82, 2.24) is 0 Å². The van der Waals surface area contributed by atoms with E-state index in [2.05, 4.69) is 0 Å². The summed E-state index contributed by atoms with van der Waals surface area (Å²) >= 11 is 0. The normalized spacial score (nSPS) is 8.93. The summed E-state index contributed by atoms with van der Waals surface area (Å²) in [5.74, 6) is -1.67. The minimum atomic E-state index is -1.54. The van der Waals surface area contributed by atoms with E-state index in [9.17, 15) is 0 Å². The van der Waals surface area contributed by atoms with Crippen LogP contribution in [-0.4, -0.2) is 52.9 Å². The lowest BCUT2D eigenvalue weighted by molar-refractivity contribution is -0.135. The van der Waals surface area contributed by atoms with Crippen molar-refractivity contribution in [2.45, 2.75) is 26.9 Å². The third kappa shape index (κ3) is 62.3. The predicted molar refractivity (Wildman–Crippen MR) is 58.3 cm³/mol. The van der Waals surface area contributed by atoms with Crippen LogP contribution in [0.5, 0.6) is 0 Å². The fraction of sp³-hybridized carbons (Fsp3) is 0.750. The quantitative estimate of drug-likeness (QED) is 0.503. The fourth-order valence-electron chi connectivity index (χ4n) is 0.0500. The number of carbonyl (C=O) groups is 2. The number of aliphatic carboxylic acids is 2. The molecule has 0 atom stereocenters. The Morgan fingerprint density at radius 2 is 1.07 bits per heavy atom. The van der Waals surface area contributed by atoms with Crippen LogP contribution >= 0.6 is 0 Å². The first-order valence-electron chi connectivity index (χ1n) is 4.20. The Morgan fingerprint density at radius 1 is 0.933 bits per heavy atom. The Bertz CT molecular complexity index is 154. The molecule has 0 aromatic carbocycles. The maximum absolute atomic E-state index is 9.00. The van der Waals surface area contributed by atoms with Crippen LogP contribution in [0.4, 0.5) is 0 Å². The number of carboxylic acids is 2. The van der Waals surface area contributed by atoms with Gasteiger partial charge in [0.25, 0.3) is 11.9 Å². The Balaban J connectivity index is -0.000000155. The molecule has 6 nitrogen and oxygen atoms in total. The van der Waals surface area contributed by atoms with E-state index in [0.717, 1.165) is 13.8 Å². The van der Waals surface area contributed by atoms with Crippen LogP contribution in [0.15, 0.2) is 0 Å². The molecule has 0 aliphatic rings. The highest BCUT2D eigenvalue weighted by Gasteiger charge is 2.16. The molecule has 0 aromatic rings. The summed E-state index contributed by atoms with van der Waals surface area (Å²) in [7, 11) is -1.54. The van der Waals surface area contributed by atoms with Crippen molar-refractivity contribution in [3.8, 4) is 0 Å². The summed E-state index contributed by atoms with van der Waals surface area (Å²) in [6.07, 6.45) is 0.368. The van der Waals surface area contributed by atoms with Crippen LogP contribution in [-0.2, 0) is 9.59 Å². The van der Waals surface area contributed by atoms with Crippen LogP contribution < -0.4 is 0 Å². The lowest BCUT2D eigenvalue weighted by atomic mass is 10.9. The first-order valence-corrected chi connectivity index (χ1v) is 7.61. The van der Waals surface area contributed by atoms with Crippen molar-refractivity contribution in [2.75, 3.05) is 12.5 Å². The van der Waals surface area contributed by atoms with Crippen molar-refractivity contribution >= 4 is 20.0 Å². The fourth-order valence-corrected chi connectivity index (χ4v) is 0.150. The summed E-state index contributed by atoms with van der Waals surface area (Å²) in [4.78, 5) is 18.0. The second-order valence-electron chi connectivity index (χ2n) is 3.52. The van der Waals surface area contributed by atoms with E-state index in [1.54, 1.807) is 0 Å². The molecular formula is C8H20O6Si. The van der Waals surface area contributed by atoms with E-state index in [4.69, 9.17) is 30.0 Å². The summed E-state index contributed by atoms with van der Waals surface area (Å²) in [5.41, 5.74) is 0. The minimum absolute atomic E-state index is 0.184. The van der Waals surface area contributed by atoms with E-state index in [-0.39, 0.29) is 12.5 Å². The second kappa shape index (κ2) is 11.2. The summed E-state index contributed by atoms with van der Waals surface area (Å²) in [6.45, 7) is 6.04. The van der Waals surface area contributed by atoms with Gasteiger partial charge in [-0.05, 0) is 0 Å². The third-order valence-corrected chi connectivity index (χ3v) is 2.57. The van der Waals surface area contributed by atoms with Gasteiger partial charge < -0.3 is 20.4 Å². The topological polar surface area (TPSA) is 115 Å². The maximum atomic E-state index is 9.00. The number of rotatable bonds is 2. The molecule has 0 spiro atoms. The molecule has 0 saturated heterocycles. The first kappa shape index (κ1) is 19.6. The molecule has 0 aliphatic carbocycles. The summed E-state index contributed by atoms with van der Waals surface area (Å²) in [5, 5.41) is 31.8. The van der Waals surface area contributed by atoms with Crippen LogP contribution in [0.25, 0.3) is 0 Å².